The third-order valence-electron chi connectivity index (χ3n) is 2.79. The van der Waals surface area contributed by atoms with Gasteiger partial charge in [0.25, 0.3) is 0 Å². The fraction of sp³-hybridized carbons (Fsp3) is 0.308. The van der Waals surface area contributed by atoms with Crippen molar-refractivity contribution in [2.75, 3.05) is 11.9 Å². The number of hydrogen-bond donors (Lipinski definition) is 2. The summed E-state index contributed by atoms with van der Waals surface area (Å²) in [5.74, 6) is 0.366. The predicted molar refractivity (Wildman–Crippen MR) is 89.0 cm³/mol. The highest BCUT2D eigenvalue weighted by molar-refractivity contribution is 14.0. The first kappa shape index (κ1) is 15.3. The number of nitrogens with zero attached hydrogens (tertiary/aromatic N) is 1. The molecular formula is C13H17ClIN3. The number of nitrogens with one attached hydrogen (secondary N) is 1. The van der Waals surface area contributed by atoms with Crippen LogP contribution < -0.4 is 11.1 Å². The summed E-state index contributed by atoms with van der Waals surface area (Å²) in [5.41, 5.74) is 9.57. The molecule has 0 bridgehead atoms. The molecule has 0 unspecified atom stereocenters. The second-order valence-electron chi connectivity index (χ2n) is 4.18. The van der Waals surface area contributed by atoms with Crippen LogP contribution in [0, 0.1) is 0 Å². The van der Waals surface area contributed by atoms with Crippen LogP contribution in [0.5, 0.6) is 0 Å². The van der Waals surface area contributed by atoms with Gasteiger partial charge in [-0.25, -0.2) is 4.99 Å². The Labute approximate surface area is 130 Å². The van der Waals surface area contributed by atoms with E-state index < -0.39 is 0 Å². The Morgan fingerprint density at radius 2 is 2.11 bits per heavy atom. The van der Waals surface area contributed by atoms with Crippen molar-refractivity contribution >= 4 is 47.2 Å². The van der Waals surface area contributed by atoms with E-state index in [9.17, 15) is 0 Å². The molecule has 1 aliphatic rings. The van der Waals surface area contributed by atoms with Gasteiger partial charge >= 0.3 is 0 Å². The summed E-state index contributed by atoms with van der Waals surface area (Å²) in [6.07, 6.45) is 3.58. The second kappa shape index (κ2) is 6.99. The predicted octanol–water partition coefficient (Wildman–Crippen LogP) is 3.27. The minimum absolute atomic E-state index is 0. The van der Waals surface area contributed by atoms with Crippen molar-refractivity contribution in [3.8, 4) is 0 Å². The number of aryl methyl sites for hydroxylation is 2. The first-order chi connectivity index (χ1) is 8.15. The van der Waals surface area contributed by atoms with E-state index in [1.165, 1.54) is 24.0 Å². The molecule has 98 valence electrons. The summed E-state index contributed by atoms with van der Waals surface area (Å²) in [4.78, 5) is 4.06. The van der Waals surface area contributed by atoms with Crippen molar-refractivity contribution in [2.45, 2.75) is 19.3 Å². The number of guanidine groups is 1. The van der Waals surface area contributed by atoms with Gasteiger partial charge in [-0.2, -0.15) is 0 Å². The summed E-state index contributed by atoms with van der Waals surface area (Å²) in [7, 11) is 0. The largest absolute Gasteiger partial charge is 0.370 e. The van der Waals surface area contributed by atoms with Crippen LogP contribution in [0.3, 0.4) is 0 Å². The van der Waals surface area contributed by atoms with Gasteiger partial charge in [0, 0.05) is 10.7 Å². The van der Waals surface area contributed by atoms with Crippen molar-refractivity contribution in [3.05, 3.63) is 40.9 Å². The van der Waals surface area contributed by atoms with Gasteiger partial charge < -0.3 is 11.1 Å². The van der Waals surface area contributed by atoms with Gasteiger partial charge in [-0.05, 0) is 42.5 Å². The fourth-order valence-electron chi connectivity index (χ4n) is 2.01. The molecule has 0 radical (unpaired) electrons. The normalized spacial score (nSPS) is 13.7. The molecule has 0 saturated carbocycles. The minimum Gasteiger partial charge on any atom is -0.370 e. The maximum atomic E-state index is 5.74. The monoisotopic (exact) mass is 377 g/mol. The minimum atomic E-state index is 0. The maximum Gasteiger partial charge on any atom is 0.193 e. The molecular weight excluding hydrogens is 361 g/mol. The average molecular weight is 378 g/mol. The highest BCUT2D eigenvalue weighted by atomic mass is 127. The lowest BCUT2D eigenvalue weighted by Gasteiger charge is -2.07. The van der Waals surface area contributed by atoms with E-state index in [0.29, 0.717) is 17.5 Å². The standard InChI is InChI=1S/C13H16ClN3.HI/c1-9(14)8-16-13(15)17-12-6-5-10-3-2-4-11(10)7-12;/h5-7H,1-4,8H2,(H3,15,16,17);1H. The van der Waals surface area contributed by atoms with Crippen molar-refractivity contribution in [1.29, 1.82) is 0 Å². The van der Waals surface area contributed by atoms with E-state index in [2.05, 4.69) is 29.0 Å². The molecule has 3 N–H and O–H groups in total. The summed E-state index contributed by atoms with van der Waals surface area (Å²) in [5, 5.41) is 3.53. The molecule has 0 aliphatic heterocycles. The molecule has 0 amide bonds. The fourth-order valence-corrected chi connectivity index (χ4v) is 2.07. The van der Waals surface area contributed by atoms with Gasteiger partial charge in [0.15, 0.2) is 5.96 Å². The Morgan fingerprint density at radius 3 is 2.83 bits per heavy atom. The van der Waals surface area contributed by atoms with E-state index in [4.69, 9.17) is 17.3 Å². The lowest BCUT2D eigenvalue weighted by molar-refractivity contribution is 0.912. The van der Waals surface area contributed by atoms with Crippen LogP contribution in [0.25, 0.3) is 0 Å². The smallest absolute Gasteiger partial charge is 0.193 e. The van der Waals surface area contributed by atoms with E-state index in [1.807, 2.05) is 6.07 Å². The van der Waals surface area contributed by atoms with Gasteiger partial charge in [-0.15, -0.1) is 24.0 Å². The van der Waals surface area contributed by atoms with Crippen LogP contribution in [0.15, 0.2) is 34.8 Å². The molecule has 0 heterocycles. The number of anilines is 1. The molecule has 1 aromatic rings. The number of benzene rings is 1. The molecule has 5 heteroatoms. The summed E-state index contributed by atoms with van der Waals surface area (Å²) < 4.78 is 0. The van der Waals surface area contributed by atoms with Crippen LogP contribution in [0.2, 0.25) is 0 Å². The van der Waals surface area contributed by atoms with E-state index in [-0.39, 0.29) is 24.0 Å². The number of rotatable bonds is 3. The molecule has 18 heavy (non-hydrogen) atoms. The number of nitrogens with two attached hydrogens (primary N) is 1. The molecule has 1 aliphatic carbocycles. The first-order valence-corrected chi connectivity index (χ1v) is 6.05. The summed E-state index contributed by atoms with van der Waals surface area (Å²) >= 11 is 5.62. The third kappa shape index (κ3) is 4.17. The van der Waals surface area contributed by atoms with Crippen LogP contribution in [0.1, 0.15) is 17.5 Å². The highest BCUT2D eigenvalue weighted by Crippen LogP contribution is 2.24. The second-order valence-corrected chi connectivity index (χ2v) is 4.72. The Balaban J connectivity index is 0.00000162. The molecule has 0 atom stereocenters. The quantitative estimate of drug-likeness (QED) is 0.482. The van der Waals surface area contributed by atoms with Gasteiger partial charge in [0.05, 0.1) is 6.54 Å². The Morgan fingerprint density at radius 1 is 1.39 bits per heavy atom. The van der Waals surface area contributed by atoms with Crippen molar-refractivity contribution < 1.29 is 0 Å². The van der Waals surface area contributed by atoms with Gasteiger partial charge in [0.1, 0.15) is 0 Å². The molecule has 3 nitrogen and oxygen atoms in total. The summed E-state index contributed by atoms with van der Waals surface area (Å²) in [6.45, 7) is 3.90. The topological polar surface area (TPSA) is 50.4 Å². The maximum absolute atomic E-state index is 5.74. The van der Waals surface area contributed by atoms with Crippen LogP contribution in [0.4, 0.5) is 5.69 Å². The van der Waals surface area contributed by atoms with Gasteiger partial charge in [0.2, 0.25) is 0 Å². The molecule has 0 aromatic heterocycles. The Kier molecular flexibility index (Phi) is 5.95. The van der Waals surface area contributed by atoms with Crippen LogP contribution in [-0.4, -0.2) is 12.5 Å². The van der Waals surface area contributed by atoms with Crippen molar-refractivity contribution in [2.24, 2.45) is 10.7 Å². The zero-order valence-corrected chi connectivity index (χ0v) is 13.2. The summed E-state index contributed by atoms with van der Waals surface area (Å²) in [6, 6.07) is 6.32. The zero-order chi connectivity index (χ0) is 12.3. The lowest BCUT2D eigenvalue weighted by Crippen LogP contribution is -2.22. The van der Waals surface area contributed by atoms with Crippen LogP contribution >= 0.6 is 35.6 Å². The number of hydrogen-bond acceptors (Lipinski definition) is 1. The number of halogens is 2. The number of fused-ring (bicyclic) bond motifs is 1. The Bertz CT molecular complexity index is 471. The van der Waals surface area contributed by atoms with Gasteiger partial charge in [-0.1, -0.05) is 24.2 Å². The van der Waals surface area contributed by atoms with Crippen LogP contribution in [-0.2, 0) is 12.8 Å². The lowest BCUT2D eigenvalue weighted by atomic mass is 10.1. The van der Waals surface area contributed by atoms with Gasteiger partial charge in [-0.3, -0.25) is 0 Å². The molecule has 0 saturated heterocycles. The highest BCUT2D eigenvalue weighted by Gasteiger charge is 2.10. The molecule has 2 rings (SSSR count). The van der Waals surface area contributed by atoms with Crippen molar-refractivity contribution in [3.63, 3.8) is 0 Å². The van der Waals surface area contributed by atoms with E-state index in [0.717, 1.165) is 12.1 Å². The van der Waals surface area contributed by atoms with E-state index >= 15 is 0 Å². The third-order valence-corrected chi connectivity index (χ3v) is 2.91. The molecule has 0 fully saturated rings. The Hall–Kier alpha value is -0.750. The SMILES string of the molecule is C=C(Cl)CN=C(N)Nc1ccc2c(c1)CCC2.I. The molecule has 0 spiro atoms. The zero-order valence-electron chi connectivity index (χ0n) is 10.1. The van der Waals surface area contributed by atoms with Crippen molar-refractivity contribution in [1.82, 2.24) is 0 Å². The van der Waals surface area contributed by atoms with E-state index in [1.54, 1.807) is 0 Å². The molecule has 1 aromatic carbocycles. The average Bonchev–Trinajstić information content (AvgIpc) is 2.73. The first-order valence-electron chi connectivity index (χ1n) is 5.67. The number of aliphatic imine (C=N–C) groups is 1.